The smallest absolute Gasteiger partial charge is 0.148 e. The second-order valence-corrected chi connectivity index (χ2v) is 4.30. The monoisotopic (exact) mass is 224 g/mol. The second-order valence-electron chi connectivity index (χ2n) is 4.30. The maximum atomic E-state index is 13.2. The largest absolute Gasteiger partial charge is 0.395 e. The Labute approximate surface area is 94.5 Å². The van der Waals surface area contributed by atoms with E-state index >= 15 is 0 Å². The highest BCUT2D eigenvalue weighted by Crippen LogP contribution is 2.26. The van der Waals surface area contributed by atoms with E-state index in [9.17, 15) is 9.50 Å². The fourth-order valence-corrected chi connectivity index (χ4v) is 2.14. The number of nitrogens with two attached hydrogens (primary N) is 1. The molecule has 1 fully saturated rings. The number of halogens is 1. The summed E-state index contributed by atoms with van der Waals surface area (Å²) in [4.78, 5) is 0. The lowest BCUT2D eigenvalue weighted by atomic mass is 9.92. The zero-order chi connectivity index (χ0) is 11.5. The van der Waals surface area contributed by atoms with Gasteiger partial charge in [0.1, 0.15) is 5.82 Å². The molecule has 1 aliphatic rings. The summed E-state index contributed by atoms with van der Waals surface area (Å²) in [5, 5.41) is 12.9. The molecule has 0 spiro atoms. The summed E-state index contributed by atoms with van der Waals surface area (Å²) in [6, 6.07) is 4.67. The minimum absolute atomic E-state index is 0.0159. The van der Waals surface area contributed by atoms with E-state index in [0.29, 0.717) is 5.69 Å². The van der Waals surface area contributed by atoms with Crippen molar-refractivity contribution in [2.24, 2.45) is 0 Å². The molecule has 1 aromatic rings. The third-order valence-corrected chi connectivity index (χ3v) is 3.12. The predicted molar refractivity (Wildman–Crippen MR) is 62.7 cm³/mol. The summed E-state index contributed by atoms with van der Waals surface area (Å²) in [5.74, 6) is -0.421. The van der Waals surface area contributed by atoms with Gasteiger partial charge < -0.3 is 16.2 Å². The van der Waals surface area contributed by atoms with Crippen molar-refractivity contribution in [1.82, 2.24) is 0 Å². The number of nitrogen functional groups attached to an aromatic ring is 1. The first-order chi connectivity index (χ1) is 7.68. The lowest BCUT2D eigenvalue weighted by Gasteiger charge is -2.29. The fraction of sp³-hybridized carbons (Fsp3) is 0.500. The van der Waals surface area contributed by atoms with E-state index < -0.39 is 5.82 Å². The predicted octanol–water partition coefficient (Wildman–Crippen LogP) is 2.12. The summed E-state index contributed by atoms with van der Waals surface area (Å²) in [6.45, 7) is 0. The third kappa shape index (κ3) is 2.27. The van der Waals surface area contributed by atoms with Crippen LogP contribution in [0.2, 0.25) is 0 Å². The van der Waals surface area contributed by atoms with Crippen molar-refractivity contribution in [3.05, 3.63) is 24.0 Å². The van der Waals surface area contributed by atoms with Crippen LogP contribution in [-0.4, -0.2) is 17.3 Å². The summed E-state index contributed by atoms with van der Waals surface area (Å²) in [5.41, 5.74) is 6.33. The van der Waals surface area contributed by atoms with Crippen LogP contribution in [0.5, 0.6) is 0 Å². The standard InChI is InChI=1S/C12H17FN2O/c13-8-4-3-6-10(12(8)14)15-9-5-1-2-7-11(9)16/h3-4,6,9,11,15-16H,1-2,5,7,14H2. The van der Waals surface area contributed by atoms with Crippen molar-refractivity contribution >= 4 is 11.4 Å². The van der Waals surface area contributed by atoms with E-state index in [-0.39, 0.29) is 17.8 Å². The van der Waals surface area contributed by atoms with Crippen molar-refractivity contribution in [1.29, 1.82) is 0 Å². The summed E-state index contributed by atoms with van der Waals surface area (Å²) in [7, 11) is 0. The van der Waals surface area contributed by atoms with Gasteiger partial charge in [-0.3, -0.25) is 0 Å². The molecule has 0 aliphatic heterocycles. The molecule has 4 heteroatoms. The highest BCUT2D eigenvalue weighted by Gasteiger charge is 2.23. The maximum absolute atomic E-state index is 13.2. The van der Waals surface area contributed by atoms with Gasteiger partial charge in [0.05, 0.1) is 23.5 Å². The average molecular weight is 224 g/mol. The van der Waals surface area contributed by atoms with Crippen LogP contribution in [0.1, 0.15) is 25.7 Å². The Morgan fingerprint density at radius 3 is 2.81 bits per heavy atom. The molecule has 0 amide bonds. The van der Waals surface area contributed by atoms with Gasteiger partial charge in [-0.25, -0.2) is 4.39 Å². The van der Waals surface area contributed by atoms with E-state index in [0.717, 1.165) is 25.7 Å². The summed E-state index contributed by atoms with van der Waals surface area (Å²) >= 11 is 0. The average Bonchev–Trinajstić information content (AvgIpc) is 2.28. The number of para-hydroxylation sites is 1. The quantitative estimate of drug-likeness (QED) is 0.674. The van der Waals surface area contributed by atoms with Gasteiger partial charge in [0.15, 0.2) is 0 Å². The highest BCUT2D eigenvalue weighted by atomic mass is 19.1. The molecule has 1 aliphatic carbocycles. The minimum Gasteiger partial charge on any atom is -0.395 e. The molecule has 1 aromatic carbocycles. The van der Waals surface area contributed by atoms with Crippen LogP contribution >= 0.6 is 0 Å². The van der Waals surface area contributed by atoms with Gasteiger partial charge in [-0.05, 0) is 25.0 Å². The molecule has 0 radical (unpaired) electrons. The Bertz CT molecular complexity index is 370. The van der Waals surface area contributed by atoms with Gasteiger partial charge in [0, 0.05) is 0 Å². The first-order valence-corrected chi connectivity index (χ1v) is 5.67. The Balaban J connectivity index is 2.10. The van der Waals surface area contributed by atoms with E-state index in [1.54, 1.807) is 12.1 Å². The van der Waals surface area contributed by atoms with Gasteiger partial charge in [-0.15, -0.1) is 0 Å². The number of aliphatic hydroxyl groups is 1. The number of anilines is 2. The molecule has 0 heterocycles. The molecule has 1 saturated carbocycles. The lowest BCUT2D eigenvalue weighted by Crippen LogP contribution is -2.36. The molecule has 2 atom stereocenters. The van der Waals surface area contributed by atoms with Crippen LogP contribution < -0.4 is 11.1 Å². The van der Waals surface area contributed by atoms with Crippen LogP contribution in [-0.2, 0) is 0 Å². The molecule has 4 N–H and O–H groups in total. The van der Waals surface area contributed by atoms with Crippen molar-refractivity contribution in [2.45, 2.75) is 37.8 Å². The fourth-order valence-electron chi connectivity index (χ4n) is 2.14. The minimum atomic E-state index is -0.421. The van der Waals surface area contributed by atoms with Gasteiger partial charge in [0.2, 0.25) is 0 Å². The molecule has 0 saturated heterocycles. The Kier molecular flexibility index (Phi) is 3.29. The Morgan fingerprint density at radius 1 is 1.31 bits per heavy atom. The molecule has 16 heavy (non-hydrogen) atoms. The zero-order valence-electron chi connectivity index (χ0n) is 9.12. The number of benzene rings is 1. The third-order valence-electron chi connectivity index (χ3n) is 3.12. The van der Waals surface area contributed by atoms with Gasteiger partial charge in [0.25, 0.3) is 0 Å². The normalized spacial score (nSPS) is 25.4. The maximum Gasteiger partial charge on any atom is 0.148 e. The van der Waals surface area contributed by atoms with Gasteiger partial charge >= 0.3 is 0 Å². The molecule has 0 bridgehead atoms. The summed E-state index contributed by atoms with van der Waals surface area (Å²) < 4.78 is 13.2. The van der Waals surface area contributed by atoms with Crippen molar-refractivity contribution in [3.8, 4) is 0 Å². The van der Waals surface area contributed by atoms with Crippen molar-refractivity contribution in [2.75, 3.05) is 11.1 Å². The van der Waals surface area contributed by atoms with Gasteiger partial charge in [-0.2, -0.15) is 0 Å². The second kappa shape index (κ2) is 4.70. The van der Waals surface area contributed by atoms with Crippen LogP contribution in [0, 0.1) is 5.82 Å². The van der Waals surface area contributed by atoms with Gasteiger partial charge in [-0.1, -0.05) is 18.9 Å². The van der Waals surface area contributed by atoms with Crippen LogP contribution in [0.4, 0.5) is 15.8 Å². The molecule has 88 valence electrons. The van der Waals surface area contributed by atoms with E-state index in [2.05, 4.69) is 5.32 Å². The molecular weight excluding hydrogens is 207 g/mol. The molecule has 2 rings (SSSR count). The summed E-state index contributed by atoms with van der Waals surface area (Å²) in [6.07, 6.45) is 3.47. The number of hydrogen-bond donors (Lipinski definition) is 3. The highest BCUT2D eigenvalue weighted by molar-refractivity contribution is 5.66. The SMILES string of the molecule is Nc1c(F)cccc1NC1CCCCC1O. The first-order valence-electron chi connectivity index (χ1n) is 5.67. The van der Waals surface area contributed by atoms with Crippen molar-refractivity contribution < 1.29 is 9.50 Å². The number of rotatable bonds is 2. The zero-order valence-corrected chi connectivity index (χ0v) is 9.12. The number of aliphatic hydroxyl groups excluding tert-OH is 1. The van der Waals surface area contributed by atoms with Crippen LogP contribution in [0.3, 0.4) is 0 Å². The number of hydrogen-bond acceptors (Lipinski definition) is 3. The topological polar surface area (TPSA) is 58.3 Å². The molecule has 3 nitrogen and oxygen atoms in total. The first kappa shape index (κ1) is 11.2. The molecular formula is C12H17FN2O. The number of nitrogens with one attached hydrogen (secondary N) is 1. The molecule has 0 aromatic heterocycles. The lowest BCUT2D eigenvalue weighted by molar-refractivity contribution is 0.116. The van der Waals surface area contributed by atoms with Crippen LogP contribution in [0.25, 0.3) is 0 Å². The molecule has 2 unspecified atom stereocenters. The van der Waals surface area contributed by atoms with E-state index in [1.165, 1.54) is 6.07 Å². The van der Waals surface area contributed by atoms with E-state index in [1.807, 2.05) is 0 Å². The Hall–Kier alpha value is -1.29. The Morgan fingerprint density at radius 2 is 2.06 bits per heavy atom. The van der Waals surface area contributed by atoms with Crippen molar-refractivity contribution in [3.63, 3.8) is 0 Å². The van der Waals surface area contributed by atoms with E-state index in [4.69, 9.17) is 5.73 Å². The van der Waals surface area contributed by atoms with Crippen LogP contribution in [0.15, 0.2) is 18.2 Å².